The van der Waals surface area contributed by atoms with Crippen LogP contribution in [0.3, 0.4) is 0 Å². The Labute approximate surface area is 109 Å². The molecule has 2 rings (SSSR count). The maximum atomic E-state index is 13.3. The molecule has 0 atom stereocenters. The van der Waals surface area contributed by atoms with Gasteiger partial charge in [-0.2, -0.15) is 4.39 Å². The summed E-state index contributed by atoms with van der Waals surface area (Å²) >= 11 is 1.63. The Hall–Kier alpha value is -1.75. The first-order valence-electron chi connectivity index (χ1n) is 5.52. The number of pyridine rings is 1. The summed E-state index contributed by atoms with van der Waals surface area (Å²) in [5.74, 6) is -1.18. The van der Waals surface area contributed by atoms with Crippen molar-refractivity contribution in [3.63, 3.8) is 0 Å². The Bertz CT molecular complexity index is 561. The summed E-state index contributed by atoms with van der Waals surface area (Å²) in [6.07, 6.45) is 1.32. The molecular weight excluding hydrogens is 251 g/mol. The molecule has 0 bridgehead atoms. The number of nitrogens with zero attached hydrogens (tertiary/aromatic N) is 1. The van der Waals surface area contributed by atoms with Crippen LogP contribution in [0.15, 0.2) is 24.4 Å². The first-order chi connectivity index (χ1) is 8.58. The quantitative estimate of drug-likeness (QED) is 0.866. The SMILES string of the molecule is Cc1cc(CNC(=O)c2cccnc2F)sc1C. The van der Waals surface area contributed by atoms with E-state index in [0.717, 1.165) is 4.88 Å². The third-order valence-corrected chi connectivity index (χ3v) is 3.80. The molecule has 0 aliphatic heterocycles. The van der Waals surface area contributed by atoms with Gasteiger partial charge in [0.15, 0.2) is 0 Å². The van der Waals surface area contributed by atoms with Gasteiger partial charge in [0.05, 0.1) is 12.1 Å². The van der Waals surface area contributed by atoms with Gasteiger partial charge in [0.25, 0.3) is 5.91 Å². The normalized spacial score (nSPS) is 10.4. The predicted molar refractivity (Wildman–Crippen MR) is 69.2 cm³/mol. The van der Waals surface area contributed by atoms with Crippen LogP contribution >= 0.6 is 11.3 Å². The smallest absolute Gasteiger partial charge is 0.256 e. The van der Waals surface area contributed by atoms with E-state index in [1.165, 1.54) is 28.8 Å². The highest BCUT2D eigenvalue weighted by atomic mass is 32.1. The Kier molecular flexibility index (Phi) is 3.72. The summed E-state index contributed by atoms with van der Waals surface area (Å²) in [7, 11) is 0. The fraction of sp³-hybridized carbons (Fsp3) is 0.231. The number of carbonyl (C=O) groups is 1. The van der Waals surface area contributed by atoms with Gasteiger partial charge < -0.3 is 5.32 Å². The fourth-order valence-electron chi connectivity index (χ4n) is 1.55. The Morgan fingerprint density at radius 2 is 2.28 bits per heavy atom. The van der Waals surface area contributed by atoms with Crippen molar-refractivity contribution in [2.24, 2.45) is 0 Å². The first kappa shape index (κ1) is 12.7. The van der Waals surface area contributed by atoms with Gasteiger partial charge in [0, 0.05) is 16.0 Å². The molecule has 0 radical (unpaired) electrons. The summed E-state index contributed by atoms with van der Waals surface area (Å²) < 4.78 is 13.3. The van der Waals surface area contributed by atoms with Crippen LogP contribution in [0.2, 0.25) is 0 Å². The van der Waals surface area contributed by atoms with Crippen molar-refractivity contribution in [2.75, 3.05) is 0 Å². The number of aryl methyl sites for hydroxylation is 2. The van der Waals surface area contributed by atoms with E-state index in [2.05, 4.69) is 10.3 Å². The lowest BCUT2D eigenvalue weighted by Crippen LogP contribution is -2.23. The molecule has 5 heteroatoms. The molecule has 0 fully saturated rings. The maximum Gasteiger partial charge on any atom is 0.256 e. The van der Waals surface area contributed by atoms with Crippen molar-refractivity contribution in [1.82, 2.24) is 10.3 Å². The number of thiophene rings is 1. The second-order valence-corrected chi connectivity index (χ2v) is 5.32. The van der Waals surface area contributed by atoms with Gasteiger partial charge >= 0.3 is 0 Å². The number of halogens is 1. The number of amides is 1. The van der Waals surface area contributed by atoms with E-state index in [1.54, 1.807) is 11.3 Å². The molecule has 1 amide bonds. The predicted octanol–water partition coefficient (Wildman–Crippen LogP) is 2.83. The van der Waals surface area contributed by atoms with E-state index < -0.39 is 11.9 Å². The Morgan fingerprint density at radius 1 is 1.50 bits per heavy atom. The average Bonchev–Trinajstić information content (AvgIpc) is 2.66. The molecule has 1 N–H and O–H groups in total. The maximum absolute atomic E-state index is 13.3. The topological polar surface area (TPSA) is 42.0 Å². The largest absolute Gasteiger partial charge is 0.347 e. The Balaban J connectivity index is 2.03. The zero-order valence-electron chi connectivity index (χ0n) is 10.2. The summed E-state index contributed by atoms with van der Waals surface area (Å²) in [4.78, 5) is 17.5. The summed E-state index contributed by atoms with van der Waals surface area (Å²) in [6, 6.07) is 4.99. The van der Waals surface area contributed by atoms with E-state index in [4.69, 9.17) is 0 Å². The van der Waals surface area contributed by atoms with Crippen LogP contribution in [0.1, 0.15) is 25.7 Å². The van der Waals surface area contributed by atoms with E-state index in [0.29, 0.717) is 6.54 Å². The second kappa shape index (κ2) is 5.27. The lowest BCUT2D eigenvalue weighted by molar-refractivity contribution is 0.0946. The van der Waals surface area contributed by atoms with Crippen LogP contribution < -0.4 is 5.32 Å². The molecule has 0 aliphatic rings. The monoisotopic (exact) mass is 264 g/mol. The highest BCUT2D eigenvalue weighted by Crippen LogP contribution is 2.20. The molecule has 0 saturated carbocycles. The van der Waals surface area contributed by atoms with Crippen LogP contribution in [0.4, 0.5) is 4.39 Å². The van der Waals surface area contributed by atoms with E-state index in [9.17, 15) is 9.18 Å². The second-order valence-electron chi connectivity index (χ2n) is 3.98. The molecule has 3 nitrogen and oxygen atoms in total. The summed E-state index contributed by atoms with van der Waals surface area (Å²) in [6.45, 7) is 4.47. The number of hydrogen-bond donors (Lipinski definition) is 1. The van der Waals surface area contributed by atoms with Crippen molar-refractivity contribution < 1.29 is 9.18 Å². The third kappa shape index (κ3) is 2.73. The van der Waals surface area contributed by atoms with Gasteiger partial charge in [-0.3, -0.25) is 4.79 Å². The van der Waals surface area contributed by atoms with Crippen molar-refractivity contribution in [3.8, 4) is 0 Å². The van der Waals surface area contributed by atoms with Gasteiger partial charge in [-0.25, -0.2) is 4.98 Å². The lowest BCUT2D eigenvalue weighted by atomic mass is 10.2. The molecule has 94 valence electrons. The highest BCUT2D eigenvalue weighted by molar-refractivity contribution is 7.12. The van der Waals surface area contributed by atoms with Crippen LogP contribution in [-0.2, 0) is 6.54 Å². The Morgan fingerprint density at radius 3 is 2.89 bits per heavy atom. The zero-order valence-corrected chi connectivity index (χ0v) is 11.0. The molecule has 2 aromatic heterocycles. The minimum absolute atomic E-state index is 0.0255. The van der Waals surface area contributed by atoms with Gasteiger partial charge in [-0.05, 0) is 37.6 Å². The van der Waals surface area contributed by atoms with E-state index >= 15 is 0 Å². The zero-order chi connectivity index (χ0) is 13.1. The molecular formula is C13H13FN2OS. The summed E-state index contributed by atoms with van der Waals surface area (Å²) in [5, 5.41) is 2.69. The highest BCUT2D eigenvalue weighted by Gasteiger charge is 2.12. The molecule has 2 aromatic rings. The minimum atomic E-state index is -0.742. The van der Waals surface area contributed by atoms with Gasteiger partial charge in [0.2, 0.25) is 5.95 Å². The third-order valence-electron chi connectivity index (χ3n) is 2.64. The fourth-order valence-corrected chi connectivity index (χ4v) is 2.55. The number of nitrogens with one attached hydrogen (secondary N) is 1. The van der Waals surface area contributed by atoms with Gasteiger partial charge in [-0.1, -0.05) is 0 Å². The minimum Gasteiger partial charge on any atom is -0.347 e. The van der Waals surface area contributed by atoms with Crippen molar-refractivity contribution in [1.29, 1.82) is 0 Å². The number of carbonyl (C=O) groups excluding carboxylic acids is 1. The van der Waals surface area contributed by atoms with E-state index in [1.807, 2.05) is 19.9 Å². The van der Waals surface area contributed by atoms with Crippen LogP contribution in [0, 0.1) is 19.8 Å². The van der Waals surface area contributed by atoms with Crippen molar-refractivity contribution in [2.45, 2.75) is 20.4 Å². The van der Waals surface area contributed by atoms with Crippen LogP contribution in [0.5, 0.6) is 0 Å². The van der Waals surface area contributed by atoms with E-state index in [-0.39, 0.29) is 5.56 Å². The van der Waals surface area contributed by atoms with Crippen molar-refractivity contribution >= 4 is 17.2 Å². The molecule has 0 saturated heterocycles. The molecule has 2 heterocycles. The van der Waals surface area contributed by atoms with Crippen molar-refractivity contribution in [3.05, 3.63) is 51.2 Å². The van der Waals surface area contributed by atoms with Gasteiger partial charge in [0.1, 0.15) is 0 Å². The first-order valence-corrected chi connectivity index (χ1v) is 6.34. The molecule has 0 aliphatic carbocycles. The summed E-state index contributed by atoms with van der Waals surface area (Å²) in [5.41, 5.74) is 1.18. The molecule has 0 spiro atoms. The standard InChI is InChI=1S/C13H13FN2OS/c1-8-6-10(18-9(8)2)7-16-13(17)11-4-3-5-15-12(11)14/h3-6H,7H2,1-2H3,(H,16,17). The van der Waals surface area contributed by atoms with Gasteiger partial charge in [-0.15, -0.1) is 11.3 Å². The average molecular weight is 264 g/mol. The lowest BCUT2D eigenvalue weighted by Gasteiger charge is -2.03. The number of aromatic nitrogens is 1. The van der Waals surface area contributed by atoms with Crippen LogP contribution in [-0.4, -0.2) is 10.9 Å². The molecule has 18 heavy (non-hydrogen) atoms. The molecule has 0 aromatic carbocycles. The number of rotatable bonds is 3. The van der Waals surface area contributed by atoms with Crippen LogP contribution in [0.25, 0.3) is 0 Å². The molecule has 0 unspecified atom stereocenters. The number of hydrogen-bond acceptors (Lipinski definition) is 3.